The zero-order valence-corrected chi connectivity index (χ0v) is 16.8. The lowest BCUT2D eigenvalue weighted by molar-refractivity contribution is -0.113. The highest BCUT2D eigenvalue weighted by Crippen LogP contribution is 2.40. The highest BCUT2D eigenvalue weighted by Gasteiger charge is 2.30. The van der Waals surface area contributed by atoms with Gasteiger partial charge in [-0.05, 0) is 43.4 Å². The molecule has 1 aliphatic carbocycles. The Labute approximate surface area is 169 Å². The lowest BCUT2D eigenvalue weighted by Gasteiger charge is -2.11. The van der Waals surface area contributed by atoms with E-state index in [2.05, 4.69) is 45.2 Å². The highest BCUT2D eigenvalue weighted by atomic mass is 32.2. The summed E-state index contributed by atoms with van der Waals surface area (Å²) in [6.07, 6.45) is 3.18. The van der Waals surface area contributed by atoms with Gasteiger partial charge in [-0.15, -0.1) is 10.2 Å². The first-order valence-corrected chi connectivity index (χ1v) is 10.7. The monoisotopic (exact) mass is 392 g/mol. The van der Waals surface area contributed by atoms with Crippen LogP contribution in [-0.4, -0.2) is 26.4 Å². The summed E-state index contributed by atoms with van der Waals surface area (Å²) in [5.74, 6) is 1.92. The van der Waals surface area contributed by atoms with Gasteiger partial charge in [0.1, 0.15) is 5.82 Å². The predicted molar refractivity (Wildman–Crippen MR) is 113 cm³/mol. The summed E-state index contributed by atoms with van der Waals surface area (Å²) in [6.45, 7) is 2.93. The Morgan fingerprint density at radius 2 is 1.86 bits per heavy atom. The van der Waals surface area contributed by atoms with Crippen molar-refractivity contribution in [2.75, 3.05) is 11.1 Å². The standard InChI is InChI=1S/C22H24N4OS/c1-2-26-21(17-12-13-17)24-25-22(26)28-15-20(27)23-19-11-7-6-10-18(19)14-16-8-4-3-5-9-16/h3-11,17H,2,12-15H2,1H3,(H,23,27). The van der Waals surface area contributed by atoms with Gasteiger partial charge in [-0.25, -0.2) is 0 Å². The molecule has 144 valence electrons. The van der Waals surface area contributed by atoms with Gasteiger partial charge in [-0.3, -0.25) is 4.79 Å². The molecular formula is C22H24N4OS. The molecule has 0 radical (unpaired) electrons. The number of benzene rings is 2. The molecule has 1 saturated carbocycles. The maximum atomic E-state index is 12.6. The number of nitrogens with zero attached hydrogens (tertiary/aromatic N) is 3. The van der Waals surface area contributed by atoms with Gasteiger partial charge in [0.25, 0.3) is 0 Å². The molecule has 1 fully saturated rings. The molecule has 1 N–H and O–H groups in total. The molecule has 0 atom stereocenters. The molecule has 0 bridgehead atoms. The average molecular weight is 393 g/mol. The Balaban J connectivity index is 1.39. The van der Waals surface area contributed by atoms with Gasteiger partial charge >= 0.3 is 0 Å². The van der Waals surface area contributed by atoms with Crippen LogP contribution in [0.1, 0.15) is 42.6 Å². The molecular weight excluding hydrogens is 368 g/mol. The minimum absolute atomic E-state index is 0.0239. The number of hydrogen-bond acceptors (Lipinski definition) is 4. The summed E-state index contributed by atoms with van der Waals surface area (Å²) in [7, 11) is 0. The maximum Gasteiger partial charge on any atom is 0.234 e. The smallest absolute Gasteiger partial charge is 0.234 e. The van der Waals surface area contributed by atoms with Crippen molar-refractivity contribution in [3.63, 3.8) is 0 Å². The highest BCUT2D eigenvalue weighted by molar-refractivity contribution is 7.99. The number of anilines is 1. The number of thioether (sulfide) groups is 1. The molecule has 1 amide bonds. The molecule has 6 heteroatoms. The Morgan fingerprint density at radius 1 is 1.11 bits per heavy atom. The summed E-state index contributed by atoms with van der Waals surface area (Å²) < 4.78 is 2.14. The third-order valence-corrected chi connectivity index (χ3v) is 5.83. The molecule has 1 heterocycles. The van der Waals surface area contributed by atoms with Crippen LogP contribution in [0.2, 0.25) is 0 Å². The van der Waals surface area contributed by atoms with Crippen molar-refractivity contribution in [3.05, 3.63) is 71.5 Å². The largest absolute Gasteiger partial charge is 0.325 e. The second kappa shape index (κ2) is 8.61. The van der Waals surface area contributed by atoms with Crippen LogP contribution >= 0.6 is 11.8 Å². The zero-order valence-electron chi connectivity index (χ0n) is 16.0. The fraction of sp³-hybridized carbons (Fsp3) is 0.318. The number of nitrogens with one attached hydrogen (secondary N) is 1. The normalized spacial score (nSPS) is 13.5. The van der Waals surface area contributed by atoms with Gasteiger partial charge in [-0.2, -0.15) is 0 Å². The lowest BCUT2D eigenvalue weighted by atomic mass is 10.0. The molecule has 3 aromatic rings. The van der Waals surface area contributed by atoms with Gasteiger partial charge < -0.3 is 9.88 Å². The van der Waals surface area contributed by atoms with Crippen molar-refractivity contribution in [1.29, 1.82) is 0 Å². The van der Waals surface area contributed by atoms with Gasteiger partial charge in [0.05, 0.1) is 5.75 Å². The second-order valence-corrected chi connectivity index (χ2v) is 7.96. The molecule has 0 saturated heterocycles. The third-order valence-electron chi connectivity index (χ3n) is 4.87. The van der Waals surface area contributed by atoms with Crippen LogP contribution < -0.4 is 5.32 Å². The van der Waals surface area contributed by atoms with Crippen LogP contribution in [0, 0.1) is 0 Å². The fourth-order valence-electron chi connectivity index (χ4n) is 3.28. The lowest BCUT2D eigenvalue weighted by Crippen LogP contribution is -2.16. The first-order valence-electron chi connectivity index (χ1n) is 9.72. The van der Waals surface area contributed by atoms with E-state index in [0.29, 0.717) is 11.7 Å². The zero-order chi connectivity index (χ0) is 19.3. The Kier molecular flexibility index (Phi) is 5.76. The summed E-state index contributed by atoms with van der Waals surface area (Å²) in [5, 5.41) is 12.5. The van der Waals surface area contributed by atoms with E-state index in [0.717, 1.165) is 35.2 Å². The van der Waals surface area contributed by atoms with Crippen molar-refractivity contribution in [2.24, 2.45) is 0 Å². The number of aromatic nitrogens is 3. The van der Waals surface area contributed by atoms with Crippen molar-refractivity contribution in [1.82, 2.24) is 14.8 Å². The summed E-state index contributed by atoms with van der Waals surface area (Å²) in [4.78, 5) is 12.6. The van der Waals surface area contributed by atoms with E-state index in [1.54, 1.807) is 0 Å². The topological polar surface area (TPSA) is 59.8 Å². The van der Waals surface area contributed by atoms with E-state index in [-0.39, 0.29) is 5.91 Å². The van der Waals surface area contributed by atoms with E-state index in [1.165, 1.54) is 30.2 Å². The number of para-hydroxylation sites is 1. The van der Waals surface area contributed by atoms with Crippen LogP contribution in [0.15, 0.2) is 59.8 Å². The minimum atomic E-state index is -0.0239. The van der Waals surface area contributed by atoms with Gasteiger partial charge in [0.15, 0.2) is 5.16 Å². The summed E-state index contributed by atoms with van der Waals surface area (Å²) in [5.41, 5.74) is 3.20. The Bertz CT molecular complexity index is 950. The van der Waals surface area contributed by atoms with Gasteiger partial charge in [0.2, 0.25) is 5.91 Å². The SMILES string of the molecule is CCn1c(SCC(=O)Nc2ccccc2Cc2ccccc2)nnc1C1CC1. The van der Waals surface area contributed by atoms with Crippen molar-refractivity contribution < 1.29 is 4.79 Å². The molecule has 1 aromatic heterocycles. The number of carbonyl (C=O) groups excluding carboxylic acids is 1. The summed E-state index contributed by atoms with van der Waals surface area (Å²) >= 11 is 1.45. The molecule has 28 heavy (non-hydrogen) atoms. The second-order valence-electron chi connectivity index (χ2n) is 7.02. The number of hydrogen-bond donors (Lipinski definition) is 1. The molecule has 5 nitrogen and oxygen atoms in total. The van der Waals surface area contributed by atoms with E-state index in [4.69, 9.17) is 0 Å². The quantitative estimate of drug-likeness (QED) is 0.574. The molecule has 0 unspecified atom stereocenters. The van der Waals surface area contributed by atoms with Crippen molar-refractivity contribution >= 4 is 23.4 Å². The average Bonchev–Trinajstić information content (AvgIpc) is 3.48. The van der Waals surface area contributed by atoms with Crippen LogP contribution in [0.5, 0.6) is 0 Å². The van der Waals surface area contributed by atoms with Crippen LogP contribution in [-0.2, 0) is 17.8 Å². The first-order chi connectivity index (χ1) is 13.7. The molecule has 0 aliphatic heterocycles. The maximum absolute atomic E-state index is 12.6. The van der Waals surface area contributed by atoms with Crippen molar-refractivity contribution in [2.45, 2.75) is 43.8 Å². The predicted octanol–water partition coefficient (Wildman–Crippen LogP) is 4.50. The molecule has 1 aliphatic rings. The van der Waals surface area contributed by atoms with E-state index < -0.39 is 0 Å². The van der Waals surface area contributed by atoms with Crippen LogP contribution in [0.3, 0.4) is 0 Å². The third kappa shape index (κ3) is 4.44. The Hall–Kier alpha value is -2.60. The van der Waals surface area contributed by atoms with Crippen LogP contribution in [0.4, 0.5) is 5.69 Å². The van der Waals surface area contributed by atoms with Crippen molar-refractivity contribution in [3.8, 4) is 0 Å². The van der Waals surface area contributed by atoms with Gasteiger partial charge in [0, 0.05) is 18.2 Å². The number of carbonyl (C=O) groups is 1. The molecule has 0 spiro atoms. The number of rotatable bonds is 8. The fourth-order valence-corrected chi connectivity index (χ4v) is 4.09. The van der Waals surface area contributed by atoms with E-state index >= 15 is 0 Å². The van der Waals surface area contributed by atoms with Crippen LogP contribution in [0.25, 0.3) is 0 Å². The molecule has 2 aromatic carbocycles. The van der Waals surface area contributed by atoms with E-state index in [1.807, 2.05) is 36.4 Å². The number of amides is 1. The molecule has 4 rings (SSSR count). The minimum Gasteiger partial charge on any atom is -0.325 e. The summed E-state index contributed by atoms with van der Waals surface area (Å²) in [6, 6.07) is 18.3. The van der Waals surface area contributed by atoms with Gasteiger partial charge in [-0.1, -0.05) is 60.3 Å². The Morgan fingerprint density at radius 3 is 2.61 bits per heavy atom. The van der Waals surface area contributed by atoms with E-state index in [9.17, 15) is 4.79 Å². The first kappa shape index (κ1) is 18.7.